The molecule has 5 heteroatoms. The van der Waals surface area contributed by atoms with Crippen LogP contribution in [0, 0.1) is 11.8 Å². The first-order valence-electron chi connectivity index (χ1n) is 3.74. The van der Waals surface area contributed by atoms with E-state index in [2.05, 4.69) is 0 Å². The Bertz CT molecular complexity index is 136. The molecule has 0 amide bonds. The smallest absolute Gasteiger partial charge is 0.305 e. The van der Waals surface area contributed by atoms with Crippen LogP contribution in [-0.2, 0) is 26.7 Å². The molecule has 79 valence electrons. The Morgan fingerprint density at radius 3 is 0.923 bits per heavy atom. The Hall–Kier alpha value is -0.541. The van der Waals surface area contributed by atoms with Crippen molar-refractivity contribution in [2.45, 2.75) is 27.7 Å². The van der Waals surface area contributed by atoms with Gasteiger partial charge < -0.3 is 10.2 Å². The molecule has 2 N–H and O–H groups in total. The maximum absolute atomic E-state index is 9.70. The molecule has 0 aliphatic rings. The molecule has 4 nitrogen and oxygen atoms in total. The molecule has 0 saturated heterocycles. The largest absolute Gasteiger partial charge is 0.481 e. The zero-order chi connectivity index (χ0) is 10.3. The van der Waals surface area contributed by atoms with Gasteiger partial charge in [-0.15, -0.1) is 0 Å². The van der Waals surface area contributed by atoms with Crippen LogP contribution in [0.3, 0.4) is 0 Å². The average Bonchev–Trinajstić information content (AvgIpc) is 1.88. The summed E-state index contributed by atoms with van der Waals surface area (Å²) in [5, 5.41) is 16.0. The van der Waals surface area contributed by atoms with Gasteiger partial charge >= 0.3 is 11.9 Å². The third-order valence-corrected chi connectivity index (χ3v) is 0.988. The first-order valence-corrected chi connectivity index (χ1v) is 3.74. The van der Waals surface area contributed by atoms with Gasteiger partial charge in [0.1, 0.15) is 0 Å². The normalized spacial score (nSPS) is 8.46. The summed E-state index contributed by atoms with van der Waals surface area (Å²) in [5.74, 6) is -1.94. The van der Waals surface area contributed by atoms with Gasteiger partial charge in [0.2, 0.25) is 0 Å². The van der Waals surface area contributed by atoms with Crippen molar-refractivity contribution >= 4 is 11.9 Å². The van der Waals surface area contributed by atoms with Crippen LogP contribution in [-0.4, -0.2) is 22.2 Å². The summed E-state index contributed by atoms with van der Waals surface area (Å²) in [7, 11) is 0. The van der Waals surface area contributed by atoms with Gasteiger partial charge in [-0.3, -0.25) is 9.59 Å². The standard InChI is InChI=1S/2C4H8O2.Mn/c2*1-3(2)4(5)6;/h2*3H,1-2H3,(H,5,6);. The summed E-state index contributed by atoms with van der Waals surface area (Å²) in [6, 6.07) is 0. The van der Waals surface area contributed by atoms with E-state index in [1.54, 1.807) is 27.7 Å². The monoisotopic (exact) mass is 231 g/mol. The SMILES string of the molecule is CC(C)C(=O)O.CC(C)C(=O)O.[Mn]. The van der Waals surface area contributed by atoms with Crippen molar-refractivity contribution in [3.63, 3.8) is 0 Å². The topological polar surface area (TPSA) is 74.6 Å². The summed E-state index contributed by atoms with van der Waals surface area (Å²) in [5.41, 5.74) is 0. The number of carboxylic acids is 2. The molecule has 0 saturated carbocycles. The van der Waals surface area contributed by atoms with Crippen LogP contribution in [0.15, 0.2) is 0 Å². The van der Waals surface area contributed by atoms with Crippen LogP contribution in [0.1, 0.15) is 27.7 Å². The van der Waals surface area contributed by atoms with Gasteiger partial charge in [-0.05, 0) is 0 Å². The molecule has 0 aliphatic carbocycles. The molecule has 0 aromatic carbocycles. The van der Waals surface area contributed by atoms with Gasteiger partial charge in [0.15, 0.2) is 0 Å². The molecule has 0 aliphatic heterocycles. The Morgan fingerprint density at radius 1 is 0.846 bits per heavy atom. The van der Waals surface area contributed by atoms with Crippen molar-refractivity contribution in [1.82, 2.24) is 0 Å². The van der Waals surface area contributed by atoms with Crippen molar-refractivity contribution in [3.8, 4) is 0 Å². The Labute approximate surface area is 88.8 Å². The molecule has 0 atom stereocenters. The first kappa shape index (κ1) is 18.3. The van der Waals surface area contributed by atoms with Crippen molar-refractivity contribution in [1.29, 1.82) is 0 Å². The predicted octanol–water partition coefficient (Wildman–Crippen LogP) is 1.45. The van der Waals surface area contributed by atoms with Gasteiger partial charge in [0.05, 0.1) is 11.8 Å². The summed E-state index contributed by atoms with van der Waals surface area (Å²) in [4.78, 5) is 19.4. The van der Waals surface area contributed by atoms with E-state index >= 15 is 0 Å². The second-order valence-corrected chi connectivity index (χ2v) is 2.99. The van der Waals surface area contributed by atoms with Crippen molar-refractivity contribution in [2.75, 3.05) is 0 Å². The molecule has 0 unspecified atom stereocenters. The third-order valence-electron chi connectivity index (χ3n) is 0.988. The minimum absolute atomic E-state index is 0. The van der Waals surface area contributed by atoms with Crippen LogP contribution >= 0.6 is 0 Å². The molecular formula is C8H16MnO4. The molecule has 0 rings (SSSR count). The zero-order valence-electron chi connectivity index (χ0n) is 8.24. The zero-order valence-corrected chi connectivity index (χ0v) is 9.42. The van der Waals surface area contributed by atoms with E-state index in [1.807, 2.05) is 0 Å². The molecule has 0 heterocycles. The van der Waals surface area contributed by atoms with Crippen molar-refractivity contribution < 1.29 is 36.9 Å². The molecule has 0 spiro atoms. The molecule has 0 fully saturated rings. The number of aliphatic carboxylic acids is 2. The summed E-state index contributed by atoms with van der Waals surface area (Å²) < 4.78 is 0. The van der Waals surface area contributed by atoms with Crippen LogP contribution in [0.25, 0.3) is 0 Å². The van der Waals surface area contributed by atoms with Crippen molar-refractivity contribution in [2.24, 2.45) is 11.8 Å². The van der Waals surface area contributed by atoms with E-state index in [0.29, 0.717) is 0 Å². The second-order valence-electron chi connectivity index (χ2n) is 2.99. The van der Waals surface area contributed by atoms with Crippen molar-refractivity contribution in [3.05, 3.63) is 0 Å². The van der Waals surface area contributed by atoms with E-state index in [9.17, 15) is 9.59 Å². The predicted molar refractivity (Wildman–Crippen MR) is 44.9 cm³/mol. The Kier molecular flexibility index (Phi) is 13.4. The number of hydrogen-bond donors (Lipinski definition) is 2. The molecule has 0 bridgehead atoms. The van der Waals surface area contributed by atoms with Gasteiger partial charge in [0, 0.05) is 17.1 Å². The van der Waals surface area contributed by atoms with Gasteiger partial charge in [-0.1, -0.05) is 27.7 Å². The fourth-order valence-corrected chi connectivity index (χ4v) is 0. The van der Waals surface area contributed by atoms with E-state index in [4.69, 9.17) is 10.2 Å². The maximum Gasteiger partial charge on any atom is 0.305 e. The Balaban J connectivity index is -0.000000143. The minimum Gasteiger partial charge on any atom is -0.481 e. The molecule has 13 heavy (non-hydrogen) atoms. The van der Waals surface area contributed by atoms with Crippen LogP contribution in [0.4, 0.5) is 0 Å². The third kappa shape index (κ3) is 18.4. The van der Waals surface area contributed by atoms with Crippen LogP contribution in [0.5, 0.6) is 0 Å². The quantitative estimate of drug-likeness (QED) is 0.705. The summed E-state index contributed by atoms with van der Waals surface area (Å²) in [6.07, 6.45) is 0. The van der Waals surface area contributed by atoms with Crippen LogP contribution in [0.2, 0.25) is 0 Å². The second kappa shape index (κ2) is 9.55. The van der Waals surface area contributed by atoms with Crippen LogP contribution < -0.4 is 0 Å². The van der Waals surface area contributed by atoms with E-state index in [1.165, 1.54) is 0 Å². The molecule has 0 aromatic heterocycles. The molecule has 1 radical (unpaired) electrons. The molecule has 0 aromatic rings. The van der Waals surface area contributed by atoms with E-state index < -0.39 is 11.9 Å². The van der Waals surface area contributed by atoms with E-state index in [0.717, 1.165) is 0 Å². The summed E-state index contributed by atoms with van der Waals surface area (Å²) >= 11 is 0. The average molecular weight is 231 g/mol. The Morgan fingerprint density at radius 2 is 0.923 bits per heavy atom. The number of carbonyl (C=O) groups is 2. The van der Waals surface area contributed by atoms with E-state index in [-0.39, 0.29) is 28.9 Å². The molecular weight excluding hydrogens is 215 g/mol. The minimum atomic E-state index is -0.741. The van der Waals surface area contributed by atoms with Gasteiger partial charge in [0.25, 0.3) is 0 Å². The first-order chi connectivity index (χ1) is 5.29. The summed E-state index contributed by atoms with van der Waals surface area (Å²) in [6.45, 7) is 6.56. The number of hydrogen-bond acceptors (Lipinski definition) is 2. The maximum atomic E-state index is 9.70. The van der Waals surface area contributed by atoms with Gasteiger partial charge in [-0.25, -0.2) is 0 Å². The fourth-order valence-electron chi connectivity index (χ4n) is 0. The number of carboxylic acid groups (broad SMARTS) is 2. The fraction of sp³-hybridized carbons (Fsp3) is 0.750. The number of rotatable bonds is 2. The van der Waals surface area contributed by atoms with Gasteiger partial charge in [-0.2, -0.15) is 0 Å².